The smallest absolute Gasteiger partial charge is 0.253 e. The topological polar surface area (TPSA) is 67.2 Å². The second-order valence-corrected chi connectivity index (χ2v) is 7.79. The van der Waals surface area contributed by atoms with E-state index in [1.54, 1.807) is 10.9 Å². The molecule has 2 amide bonds. The van der Waals surface area contributed by atoms with E-state index >= 15 is 0 Å². The van der Waals surface area contributed by atoms with E-state index in [9.17, 15) is 9.59 Å². The van der Waals surface area contributed by atoms with Crippen LogP contribution in [0.4, 0.5) is 0 Å². The first-order valence-electron chi connectivity index (χ1n) is 9.73. The number of nitrogens with one attached hydrogen (secondary N) is 1. The van der Waals surface area contributed by atoms with E-state index < -0.39 is 5.54 Å². The molecule has 2 aliphatic rings. The van der Waals surface area contributed by atoms with Gasteiger partial charge in [0.05, 0.1) is 0 Å². The van der Waals surface area contributed by atoms with Gasteiger partial charge >= 0.3 is 0 Å². The molecule has 1 aromatic heterocycles. The monoisotopic (exact) mass is 366 g/mol. The van der Waals surface area contributed by atoms with Gasteiger partial charge in [-0.05, 0) is 56.7 Å². The number of aryl methyl sites for hydroxylation is 1. The van der Waals surface area contributed by atoms with E-state index in [-0.39, 0.29) is 11.8 Å². The van der Waals surface area contributed by atoms with Crippen molar-refractivity contribution in [3.05, 3.63) is 53.9 Å². The third-order valence-electron chi connectivity index (χ3n) is 5.79. The standard InChI is InChI=1S/C21H26N4O2/c1-16-3-7-18(8-4-16)19(26)24-13-9-21(10-14-24,25-12-2-11-23-25)20(27)22-15-17-5-6-17/h2-4,7-8,11-12,17H,5-6,9-10,13-15H2,1H3,(H,22,27). The van der Waals surface area contributed by atoms with Crippen LogP contribution in [0.25, 0.3) is 0 Å². The van der Waals surface area contributed by atoms with Crippen LogP contribution < -0.4 is 5.32 Å². The molecule has 1 aromatic carbocycles. The minimum Gasteiger partial charge on any atom is -0.354 e. The second kappa shape index (κ2) is 7.18. The quantitative estimate of drug-likeness (QED) is 0.883. The van der Waals surface area contributed by atoms with Gasteiger partial charge in [-0.2, -0.15) is 5.10 Å². The van der Waals surface area contributed by atoms with Gasteiger partial charge < -0.3 is 10.2 Å². The summed E-state index contributed by atoms with van der Waals surface area (Å²) >= 11 is 0. The van der Waals surface area contributed by atoms with Crippen molar-refractivity contribution < 1.29 is 9.59 Å². The third kappa shape index (κ3) is 3.61. The van der Waals surface area contributed by atoms with E-state index in [4.69, 9.17) is 0 Å². The number of hydrogen-bond acceptors (Lipinski definition) is 3. The lowest BCUT2D eigenvalue weighted by molar-refractivity contribution is -0.133. The van der Waals surface area contributed by atoms with Crippen LogP contribution in [0.3, 0.4) is 0 Å². The first-order chi connectivity index (χ1) is 13.1. The van der Waals surface area contributed by atoms with E-state index in [2.05, 4.69) is 10.4 Å². The van der Waals surface area contributed by atoms with Crippen LogP contribution in [-0.4, -0.2) is 46.1 Å². The zero-order chi connectivity index (χ0) is 18.9. The van der Waals surface area contributed by atoms with Gasteiger partial charge in [0.2, 0.25) is 5.91 Å². The lowest BCUT2D eigenvalue weighted by Crippen LogP contribution is -2.56. The first kappa shape index (κ1) is 17.8. The number of rotatable bonds is 5. The summed E-state index contributed by atoms with van der Waals surface area (Å²) in [6, 6.07) is 9.50. The minimum atomic E-state index is -0.706. The lowest BCUT2D eigenvalue weighted by atomic mass is 9.86. The van der Waals surface area contributed by atoms with Crippen LogP contribution in [0.1, 0.15) is 41.6 Å². The molecule has 1 saturated carbocycles. The number of nitrogens with zero attached hydrogens (tertiary/aromatic N) is 3. The van der Waals surface area contributed by atoms with Gasteiger partial charge in [-0.3, -0.25) is 14.3 Å². The Kier molecular flexibility index (Phi) is 4.72. The minimum absolute atomic E-state index is 0.0283. The molecule has 6 nitrogen and oxygen atoms in total. The molecule has 2 aromatic rings. The summed E-state index contributed by atoms with van der Waals surface area (Å²) in [5.41, 5.74) is 1.13. The number of carbonyl (C=O) groups is 2. The Morgan fingerprint density at radius 1 is 1.19 bits per heavy atom. The zero-order valence-electron chi connectivity index (χ0n) is 15.7. The molecular weight excluding hydrogens is 340 g/mol. The average Bonchev–Trinajstić information content (AvgIpc) is 3.36. The number of likely N-dealkylation sites (tertiary alicyclic amines) is 1. The van der Waals surface area contributed by atoms with Crippen molar-refractivity contribution in [2.75, 3.05) is 19.6 Å². The van der Waals surface area contributed by atoms with Crippen LogP contribution in [0.15, 0.2) is 42.7 Å². The van der Waals surface area contributed by atoms with E-state index in [1.165, 1.54) is 12.8 Å². The zero-order valence-corrected chi connectivity index (χ0v) is 15.7. The maximum Gasteiger partial charge on any atom is 0.253 e. The van der Waals surface area contributed by atoms with Crippen LogP contribution in [0, 0.1) is 12.8 Å². The lowest BCUT2D eigenvalue weighted by Gasteiger charge is -2.40. The Labute approximate surface area is 159 Å². The van der Waals surface area contributed by atoms with E-state index in [1.807, 2.05) is 48.4 Å². The molecule has 142 valence electrons. The summed E-state index contributed by atoms with van der Waals surface area (Å²) in [5.74, 6) is 0.690. The fourth-order valence-corrected chi connectivity index (χ4v) is 3.76. The van der Waals surface area contributed by atoms with Crippen LogP contribution in [-0.2, 0) is 10.3 Å². The first-order valence-corrected chi connectivity index (χ1v) is 9.73. The number of carbonyl (C=O) groups excluding carboxylic acids is 2. The molecule has 2 heterocycles. The molecule has 1 N–H and O–H groups in total. The number of amides is 2. The molecule has 1 saturated heterocycles. The highest BCUT2D eigenvalue weighted by molar-refractivity contribution is 5.94. The third-order valence-corrected chi connectivity index (χ3v) is 5.79. The van der Waals surface area contributed by atoms with Crippen LogP contribution >= 0.6 is 0 Å². The Bertz CT molecular complexity index is 801. The van der Waals surface area contributed by atoms with Crippen molar-refractivity contribution >= 4 is 11.8 Å². The van der Waals surface area contributed by atoms with Crippen molar-refractivity contribution in [3.8, 4) is 0 Å². The van der Waals surface area contributed by atoms with Gasteiger partial charge in [-0.25, -0.2) is 0 Å². The fraction of sp³-hybridized carbons (Fsp3) is 0.476. The maximum absolute atomic E-state index is 13.1. The highest BCUT2D eigenvalue weighted by Gasteiger charge is 2.44. The van der Waals surface area contributed by atoms with Gasteiger partial charge in [0, 0.05) is 37.6 Å². The van der Waals surface area contributed by atoms with Gasteiger partial charge in [0.25, 0.3) is 5.91 Å². The summed E-state index contributed by atoms with van der Waals surface area (Å²) in [7, 11) is 0. The second-order valence-electron chi connectivity index (χ2n) is 7.79. The predicted octanol–water partition coefficient (Wildman–Crippen LogP) is 2.35. The Hall–Kier alpha value is -2.63. The number of aromatic nitrogens is 2. The van der Waals surface area contributed by atoms with E-state index in [0.717, 1.165) is 12.1 Å². The van der Waals surface area contributed by atoms with E-state index in [0.29, 0.717) is 37.4 Å². The normalized spacial score (nSPS) is 18.9. The largest absolute Gasteiger partial charge is 0.354 e. The van der Waals surface area contributed by atoms with Gasteiger partial charge in [0.1, 0.15) is 5.54 Å². The Morgan fingerprint density at radius 2 is 1.89 bits per heavy atom. The maximum atomic E-state index is 13.1. The molecule has 2 fully saturated rings. The fourth-order valence-electron chi connectivity index (χ4n) is 3.76. The van der Waals surface area contributed by atoms with Crippen molar-refractivity contribution in [1.29, 1.82) is 0 Å². The summed E-state index contributed by atoms with van der Waals surface area (Å²) in [5, 5.41) is 7.49. The van der Waals surface area contributed by atoms with Gasteiger partial charge in [0.15, 0.2) is 0 Å². The van der Waals surface area contributed by atoms with Crippen molar-refractivity contribution in [3.63, 3.8) is 0 Å². The molecule has 0 spiro atoms. The molecule has 6 heteroatoms. The van der Waals surface area contributed by atoms with Crippen LogP contribution in [0.5, 0.6) is 0 Å². The molecule has 0 bridgehead atoms. The molecule has 1 aliphatic heterocycles. The molecule has 0 radical (unpaired) electrons. The number of hydrogen-bond donors (Lipinski definition) is 1. The van der Waals surface area contributed by atoms with Crippen molar-refractivity contribution in [1.82, 2.24) is 20.0 Å². The summed E-state index contributed by atoms with van der Waals surface area (Å²) in [4.78, 5) is 27.7. The molecule has 0 unspecified atom stereocenters. The van der Waals surface area contributed by atoms with Crippen LogP contribution in [0.2, 0.25) is 0 Å². The predicted molar refractivity (Wildman–Crippen MR) is 102 cm³/mol. The van der Waals surface area contributed by atoms with Crippen molar-refractivity contribution in [2.45, 2.75) is 38.1 Å². The van der Waals surface area contributed by atoms with Gasteiger partial charge in [-0.15, -0.1) is 0 Å². The number of piperidine rings is 1. The molecule has 0 atom stereocenters. The Balaban J connectivity index is 1.48. The summed E-state index contributed by atoms with van der Waals surface area (Å²) in [6.07, 6.45) is 7.11. The summed E-state index contributed by atoms with van der Waals surface area (Å²) in [6.45, 7) is 3.84. The Morgan fingerprint density at radius 3 is 2.48 bits per heavy atom. The molecule has 27 heavy (non-hydrogen) atoms. The summed E-state index contributed by atoms with van der Waals surface area (Å²) < 4.78 is 1.78. The average molecular weight is 366 g/mol. The molecule has 4 rings (SSSR count). The van der Waals surface area contributed by atoms with Gasteiger partial charge in [-0.1, -0.05) is 17.7 Å². The van der Waals surface area contributed by atoms with Crippen molar-refractivity contribution in [2.24, 2.45) is 5.92 Å². The molecular formula is C21H26N4O2. The highest BCUT2D eigenvalue weighted by atomic mass is 16.2. The highest BCUT2D eigenvalue weighted by Crippen LogP contribution is 2.32. The molecule has 1 aliphatic carbocycles. The number of benzene rings is 1. The SMILES string of the molecule is Cc1ccc(C(=O)N2CCC(C(=O)NCC3CC3)(n3cccn3)CC2)cc1.